The second kappa shape index (κ2) is 3.77. The van der Waals surface area contributed by atoms with Crippen LogP contribution in [0.4, 0.5) is 0 Å². The van der Waals surface area contributed by atoms with Gasteiger partial charge >= 0.3 is 0 Å². The van der Waals surface area contributed by atoms with Gasteiger partial charge in [0.2, 0.25) is 0 Å². The first-order chi connectivity index (χ1) is 6.65. The van der Waals surface area contributed by atoms with Gasteiger partial charge in [-0.25, -0.2) is 0 Å². The van der Waals surface area contributed by atoms with E-state index in [0.717, 1.165) is 0 Å². The molecule has 0 heterocycles. The summed E-state index contributed by atoms with van der Waals surface area (Å²) < 4.78 is 0. The molecule has 0 saturated carbocycles. The van der Waals surface area contributed by atoms with Gasteiger partial charge in [0.1, 0.15) is 0 Å². The molecular formula is C11H9N3. The van der Waals surface area contributed by atoms with E-state index in [1.54, 1.807) is 13.0 Å². The van der Waals surface area contributed by atoms with Crippen molar-refractivity contribution in [2.45, 2.75) is 13.8 Å². The molecule has 0 aromatic carbocycles. The van der Waals surface area contributed by atoms with E-state index in [9.17, 15) is 0 Å². The van der Waals surface area contributed by atoms with Gasteiger partial charge in [-0.05, 0) is 18.6 Å². The lowest BCUT2D eigenvalue weighted by Gasteiger charge is -2.21. The van der Waals surface area contributed by atoms with Gasteiger partial charge in [0.15, 0.2) is 0 Å². The highest BCUT2D eigenvalue weighted by molar-refractivity contribution is 5.52. The fourth-order valence-electron chi connectivity index (χ4n) is 1.57. The molecule has 0 aromatic heterocycles. The molecule has 0 saturated heterocycles. The van der Waals surface area contributed by atoms with Crippen LogP contribution in [0, 0.1) is 45.8 Å². The summed E-state index contributed by atoms with van der Waals surface area (Å²) in [7, 11) is 0. The largest absolute Gasteiger partial charge is 0.198 e. The van der Waals surface area contributed by atoms with Gasteiger partial charge < -0.3 is 0 Å². The van der Waals surface area contributed by atoms with Crippen LogP contribution in [-0.2, 0) is 0 Å². The third kappa shape index (κ3) is 1.39. The summed E-state index contributed by atoms with van der Waals surface area (Å²) in [5.74, 6) is -0.468. The van der Waals surface area contributed by atoms with Crippen LogP contribution in [0.25, 0.3) is 0 Å². The highest BCUT2D eigenvalue weighted by Crippen LogP contribution is 2.32. The Balaban J connectivity index is 3.29. The van der Waals surface area contributed by atoms with Crippen molar-refractivity contribution < 1.29 is 0 Å². The molecule has 0 aromatic rings. The molecule has 1 rings (SSSR count). The normalized spacial score (nSPS) is 25.8. The minimum Gasteiger partial charge on any atom is -0.198 e. The molecule has 14 heavy (non-hydrogen) atoms. The monoisotopic (exact) mass is 183 g/mol. The highest BCUT2D eigenvalue weighted by Gasteiger charge is 2.26. The van der Waals surface area contributed by atoms with E-state index in [1.165, 1.54) is 0 Å². The Hall–Kier alpha value is -2.05. The second-order valence-corrected chi connectivity index (χ2v) is 3.29. The number of rotatable bonds is 0. The lowest BCUT2D eigenvalue weighted by atomic mass is 9.79. The Morgan fingerprint density at radius 3 is 2.29 bits per heavy atom. The average molecular weight is 183 g/mol. The zero-order chi connectivity index (χ0) is 10.7. The molecule has 1 aliphatic carbocycles. The van der Waals surface area contributed by atoms with Crippen LogP contribution in [0.3, 0.4) is 0 Å². The van der Waals surface area contributed by atoms with Crippen molar-refractivity contribution in [3.8, 4) is 18.2 Å². The summed E-state index contributed by atoms with van der Waals surface area (Å²) in [4.78, 5) is 0. The van der Waals surface area contributed by atoms with Gasteiger partial charge in [-0.2, -0.15) is 15.8 Å². The van der Waals surface area contributed by atoms with Gasteiger partial charge in [-0.1, -0.05) is 6.92 Å². The third-order valence-corrected chi connectivity index (χ3v) is 2.54. The van der Waals surface area contributed by atoms with Crippen LogP contribution in [0.2, 0.25) is 0 Å². The summed E-state index contributed by atoms with van der Waals surface area (Å²) in [6.07, 6.45) is 1.64. The molecule has 68 valence electrons. The van der Waals surface area contributed by atoms with Crippen molar-refractivity contribution in [1.82, 2.24) is 0 Å². The molecular weight excluding hydrogens is 174 g/mol. The first kappa shape index (κ1) is 10.0. The van der Waals surface area contributed by atoms with E-state index >= 15 is 0 Å². The lowest BCUT2D eigenvalue weighted by molar-refractivity contribution is 0.586. The number of nitrogens with zero attached hydrogens (tertiary/aromatic N) is 3. The fraction of sp³-hybridized carbons (Fsp3) is 0.364. The maximum Gasteiger partial charge on any atom is 0.0991 e. The molecule has 1 aliphatic rings. The predicted molar refractivity (Wildman–Crippen MR) is 50.3 cm³/mol. The second-order valence-electron chi connectivity index (χ2n) is 3.29. The molecule has 0 amide bonds. The molecule has 0 N–H and O–H groups in total. The van der Waals surface area contributed by atoms with Crippen LogP contribution in [-0.4, -0.2) is 0 Å². The molecule has 0 fully saturated rings. The SMILES string of the molecule is CC1=C(C#N)C(C)C(C#N)C=C1C#N. The van der Waals surface area contributed by atoms with Crippen LogP contribution >= 0.6 is 0 Å². The molecule has 3 heteroatoms. The number of hydrogen-bond acceptors (Lipinski definition) is 3. The van der Waals surface area contributed by atoms with Gasteiger partial charge in [-0.3, -0.25) is 0 Å². The van der Waals surface area contributed by atoms with Gasteiger partial charge in [0, 0.05) is 11.5 Å². The Bertz CT molecular complexity index is 435. The summed E-state index contributed by atoms with van der Waals surface area (Å²) in [6.45, 7) is 3.58. The first-order valence-electron chi connectivity index (χ1n) is 4.28. The zero-order valence-electron chi connectivity index (χ0n) is 8.07. The Kier molecular flexibility index (Phi) is 2.70. The van der Waals surface area contributed by atoms with Crippen molar-refractivity contribution in [3.63, 3.8) is 0 Å². The molecule has 0 radical (unpaired) electrons. The van der Waals surface area contributed by atoms with Crippen molar-refractivity contribution >= 4 is 0 Å². The van der Waals surface area contributed by atoms with Crippen molar-refractivity contribution in [3.05, 3.63) is 22.8 Å². The molecule has 2 unspecified atom stereocenters. The van der Waals surface area contributed by atoms with Crippen molar-refractivity contribution in [1.29, 1.82) is 15.8 Å². The van der Waals surface area contributed by atoms with Crippen LogP contribution in [0.5, 0.6) is 0 Å². The van der Waals surface area contributed by atoms with Crippen molar-refractivity contribution in [2.24, 2.45) is 11.8 Å². The highest BCUT2D eigenvalue weighted by atomic mass is 14.4. The molecule has 0 aliphatic heterocycles. The van der Waals surface area contributed by atoms with E-state index in [2.05, 4.69) is 12.1 Å². The Labute approximate surface area is 83.2 Å². The molecule has 3 nitrogen and oxygen atoms in total. The minimum atomic E-state index is -0.358. The summed E-state index contributed by atoms with van der Waals surface area (Å²) in [6, 6.07) is 6.16. The summed E-state index contributed by atoms with van der Waals surface area (Å²) in [5.41, 5.74) is 1.70. The van der Waals surface area contributed by atoms with Gasteiger partial charge in [-0.15, -0.1) is 0 Å². The molecule has 2 atom stereocenters. The first-order valence-corrected chi connectivity index (χ1v) is 4.28. The minimum absolute atomic E-state index is 0.109. The quantitative estimate of drug-likeness (QED) is 0.577. The number of nitriles is 3. The lowest BCUT2D eigenvalue weighted by Crippen LogP contribution is -2.16. The smallest absolute Gasteiger partial charge is 0.0991 e. The fourth-order valence-corrected chi connectivity index (χ4v) is 1.57. The topological polar surface area (TPSA) is 71.4 Å². The number of allylic oxidation sites excluding steroid dienone is 4. The van der Waals surface area contributed by atoms with Gasteiger partial charge in [0.25, 0.3) is 0 Å². The van der Waals surface area contributed by atoms with E-state index in [0.29, 0.717) is 16.7 Å². The van der Waals surface area contributed by atoms with E-state index in [1.807, 2.05) is 13.0 Å². The van der Waals surface area contributed by atoms with Crippen molar-refractivity contribution in [2.75, 3.05) is 0 Å². The Morgan fingerprint density at radius 1 is 1.21 bits per heavy atom. The standard InChI is InChI=1S/C11H9N3/c1-7-9(4-12)3-10(5-13)8(2)11(7)6-14/h3,7,9H,1-2H3. The van der Waals surface area contributed by atoms with Crippen LogP contribution in [0.1, 0.15) is 13.8 Å². The predicted octanol–water partition coefficient (Wildman–Crippen LogP) is 2.07. The number of hydrogen-bond donors (Lipinski definition) is 0. The van der Waals surface area contributed by atoms with Crippen LogP contribution < -0.4 is 0 Å². The average Bonchev–Trinajstić information content (AvgIpc) is 2.19. The van der Waals surface area contributed by atoms with E-state index in [4.69, 9.17) is 15.8 Å². The maximum absolute atomic E-state index is 8.90. The van der Waals surface area contributed by atoms with E-state index in [-0.39, 0.29) is 11.8 Å². The molecule has 0 spiro atoms. The third-order valence-electron chi connectivity index (χ3n) is 2.54. The van der Waals surface area contributed by atoms with E-state index < -0.39 is 0 Å². The molecule has 0 bridgehead atoms. The van der Waals surface area contributed by atoms with Gasteiger partial charge in [0.05, 0.1) is 29.7 Å². The van der Waals surface area contributed by atoms with Crippen LogP contribution in [0.15, 0.2) is 22.8 Å². The summed E-state index contributed by atoms with van der Waals surface area (Å²) >= 11 is 0. The zero-order valence-corrected chi connectivity index (χ0v) is 8.07. The Morgan fingerprint density at radius 2 is 1.86 bits per heavy atom. The maximum atomic E-state index is 8.90. The summed E-state index contributed by atoms with van der Waals surface area (Å²) in [5, 5.41) is 26.5.